The van der Waals surface area contributed by atoms with Crippen molar-refractivity contribution in [1.29, 1.82) is 0 Å². The minimum atomic E-state index is 0.0649. The van der Waals surface area contributed by atoms with Crippen LogP contribution in [-0.4, -0.2) is 32.6 Å². The highest BCUT2D eigenvalue weighted by Crippen LogP contribution is 2.15. The molecule has 0 atom stereocenters. The Hall–Kier alpha value is -2.37. The van der Waals surface area contributed by atoms with Crippen LogP contribution in [0, 0.1) is 0 Å². The van der Waals surface area contributed by atoms with Crippen molar-refractivity contribution in [2.24, 2.45) is 0 Å². The van der Waals surface area contributed by atoms with Crippen molar-refractivity contribution in [2.75, 3.05) is 12.8 Å². The van der Waals surface area contributed by atoms with Crippen molar-refractivity contribution in [2.45, 2.75) is 32.4 Å². The van der Waals surface area contributed by atoms with Gasteiger partial charge in [-0.3, -0.25) is 4.79 Å². The SMILES string of the molecule is CN(Cc1nnc2n1CCC2)C(=O)Cc1ccc(N)cc1. The lowest BCUT2D eigenvalue weighted by atomic mass is 10.1. The van der Waals surface area contributed by atoms with E-state index < -0.39 is 0 Å². The number of aryl methyl sites for hydroxylation is 1. The van der Waals surface area contributed by atoms with Crippen molar-refractivity contribution in [3.63, 3.8) is 0 Å². The van der Waals surface area contributed by atoms with Crippen LogP contribution < -0.4 is 5.73 Å². The Balaban J connectivity index is 1.63. The molecule has 2 N–H and O–H groups in total. The van der Waals surface area contributed by atoms with Gasteiger partial charge in [0.1, 0.15) is 5.82 Å². The first-order valence-electron chi connectivity index (χ1n) is 7.13. The van der Waals surface area contributed by atoms with E-state index in [1.54, 1.807) is 11.9 Å². The molecule has 1 aliphatic rings. The molecule has 0 spiro atoms. The van der Waals surface area contributed by atoms with Crippen LogP contribution in [0.4, 0.5) is 5.69 Å². The first kappa shape index (κ1) is 13.6. The van der Waals surface area contributed by atoms with E-state index in [0.29, 0.717) is 18.7 Å². The van der Waals surface area contributed by atoms with Crippen LogP contribution in [0.5, 0.6) is 0 Å². The van der Waals surface area contributed by atoms with Gasteiger partial charge in [-0.05, 0) is 24.1 Å². The maximum atomic E-state index is 12.3. The largest absolute Gasteiger partial charge is 0.399 e. The molecule has 2 heterocycles. The minimum absolute atomic E-state index is 0.0649. The average Bonchev–Trinajstić information content (AvgIpc) is 3.06. The number of carbonyl (C=O) groups excluding carboxylic acids is 1. The van der Waals surface area contributed by atoms with E-state index in [1.807, 2.05) is 24.3 Å². The lowest BCUT2D eigenvalue weighted by Gasteiger charge is -2.17. The van der Waals surface area contributed by atoms with Crippen molar-refractivity contribution >= 4 is 11.6 Å². The molecule has 0 aliphatic carbocycles. The Bertz CT molecular complexity index is 647. The van der Waals surface area contributed by atoms with Crippen LogP contribution in [0.15, 0.2) is 24.3 Å². The van der Waals surface area contributed by atoms with Gasteiger partial charge in [-0.2, -0.15) is 0 Å². The second-order valence-electron chi connectivity index (χ2n) is 5.46. The van der Waals surface area contributed by atoms with Crippen LogP contribution in [-0.2, 0) is 30.7 Å². The third-order valence-electron chi connectivity index (χ3n) is 3.83. The molecule has 1 aromatic carbocycles. The van der Waals surface area contributed by atoms with Crippen LogP contribution in [0.2, 0.25) is 0 Å². The number of hydrogen-bond donors (Lipinski definition) is 1. The summed E-state index contributed by atoms with van der Waals surface area (Å²) in [5.74, 6) is 1.97. The molecular formula is C15H19N5O. The molecule has 0 unspecified atom stereocenters. The molecule has 0 radical (unpaired) electrons. The van der Waals surface area contributed by atoms with Gasteiger partial charge in [-0.1, -0.05) is 12.1 Å². The molecule has 2 aromatic rings. The monoisotopic (exact) mass is 285 g/mol. The summed E-state index contributed by atoms with van der Waals surface area (Å²) in [6.07, 6.45) is 2.47. The van der Waals surface area contributed by atoms with E-state index >= 15 is 0 Å². The van der Waals surface area contributed by atoms with Crippen molar-refractivity contribution in [3.05, 3.63) is 41.5 Å². The lowest BCUT2D eigenvalue weighted by Crippen LogP contribution is -2.29. The smallest absolute Gasteiger partial charge is 0.227 e. The van der Waals surface area contributed by atoms with E-state index in [9.17, 15) is 4.79 Å². The summed E-state index contributed by atoms with van der Waals surface area (Å²) in [4.78, 5) is 14.0. The Morgan fingerprint density at radius 3 is 2.86 bits per heavy atom. The topological polar surface area (TPSA) is 77.0 Å². The number of amides is 1. The highest BCUT2D eigenvalue weighted by molar-refractivity contribution is 5.78. The van der Waals surface area contributed by atoms with Crippen LogP contribution in [0.3, 0.4) is 0 Å². The summed E-state index contributed by atoms with van der Waals surface area (Å²) in [5, 5.41) is 8.35. The number of rotatable bonds is 4. The molecule has 1 amide bonds. The van der Waals surface area contributed by atoms with E-state index in [0.717, 1.165) is 36.6 Å². The maximum Gasteiger partial charge on any atom is 0.227 e. The van der Waals surface area contributed by atoms with Crippen LogP contribution in [0.25, 0.3) is 0 Å². The molecule has 110 valence electrons. The summed E-state index contributed by atoms with van der Waals surface area (Å²) in [6, 6.07) is 7.40. The predicted molar refractivity (Wildman–Crippen MR) is 79.4 cm³/mol. The Labute approximate surface area is 123 Å². The van der Waals surface area contributed by atoms with Crippen molar-refractivity contribution in [1.82, 2.24) is 19.7 Å². The van der Waals surface area contributed by atoms with E-state index in [-0.39, 0.29) is 5.91 Å². The Morgan fingerprint density at radius 1 is 1.33 bits per heavy atom. The molecule has 6 nitrogen and oxygen atoms in total. The van der Waals surface area contributed by atoms with Gasteiger partial charge in [0.15, 0.2) is 5.82 Å². The summed E-state index contributed by atoms with van der Waals surface area (Å²) < 4.78 is 2.12. The number of benzene rings is 1. The van der Waals surface area contributed by atoms with Gasteiger partial charge in [0, 0.05) is 25.7 Å². The zero-order valence-electron chi connectivity index (χ0n) is 12.1. The third-order valence-corrected chi connectivity index (χ3v) is 3.83. The number of fused-ring (bicyclic) bond motifs is 1. The minimum Gasteiger partial charge on any atom is -0.399 e. The molecule has 1 aromatic heterocycles. The van der Waals surface area contributed by atoms with E-state index in [4.69, 9.17) is 5.73 Å². The molecule has 3 rings (SSSR count). The maximum absolute atomic E-state index is 12.3. The standard InChI is InChI=1S/C15H19N5O/c1-19(10-14-18-17-13-3-2-8-20(13)14)15(21)9-11-4-6-12(16)7-5-11/h4-7H,2-3,8-10,16H2,1H3. The molecule has 1 aliphatic heterocycles. The number of nitrogens with two attached hydrogens (primary N) is 1. The average molecular weight is 285 g/mol. The number of hydrogen-bond acceptors (Lipinski definition) is 4. The number of nitrogens with zero attached hydrogens (tertiary/aromatic N) is 4. The summed E-state index contributed by atoms with van der Waals surface area (Å²) >= 11 is 0. The second kappa shape index (κ2) is 5.55. The number of nitrogen functional groups attached to an aromatic ring is 1. The predicted octanol–water partition coefficient (Wildman–Crippen LogP) is 1.01. The Kier molecular flexibility index (Phi) is 3.60. The molecule has 6 heteroatoms. The van der Waals surface area contributed by atoms with E-state index in [2.05, 4.69) is 14.8 Å². The van der Waals surface area contributed by atoms with Gasteiger partial charge in [-0.25, -0.2) is 0 Å². The van der Waals surface area contributed by atoms with E-state index in [1.165, 1.54) is 0 Å². The lowest BCUT2D eigenvalue weighted by molar-refractivity contribution is -0.129. The molecule has 0 saturated heterocycles. The van der Waals surface area contributed by atoms with Gasteiger partial charge in [-0.15, -0.1) is 10.2 Å². The Morgan fingerprint density at radius 2 is 2.10 bits per heavy atom. The quantitative estimate of drug-likeness (QED) is 0.850. The molecule has 0 fully saturated rings. The number of carbonyl (C=O) groups is 1. The number of likely N-dealkylation sites (N-methyl/N-ethyl adjacent to an activating group) is 1. The van der Waals surface area contributed by atoms with Gasteiger partial charge < -0.3 is 15.2 Å². The van der Waals surface area contributed by atoms with Gasteiger partial charge in [0.05, 0.1) is 13.0 Å². The number of anilines is 1. The first-order chi connectivity index (χ1) is 10.1. The third kappa shape index (κ3) is 2.89. The highest BCUT2D eigenvalue weighted by atomic mass is 16.2. The fraction of sp³-hybridized carbons (Fsp3) is 0.400. The molecule has 0 bridgehead atoms. The van der Waals surface area contributed by atoms with Crippen molar-refractivity contribution < 1.29 is 4.79 Å². The molecule has 21 heavy (non-hydrogen) atoms. The van der Waals surface area contributed by atoms with Crippen LogP contribution in [0.1, 0.15) is 23.6 Å². The summed E-state index contributed by atoms with van der Waals surface area (Å²) in [6.45, 7) is 1.46. The summed E-state index contributed by atoms with van der Waals surface area (Å²) in [7, 11) is 1.80. The van der Waals surface area contributed by atoms with Gasteiger partial charge in [0.25, 0.3) is 0 Å². The summed E-state index contributed by atoms with van der Waals surface area (Å²) in [5.41, 5.74) is 7.32. The zero-order valence-corrected chi connectivity index (χ0v) is 12.1. The van der Waals surface area contributed by atoms with Crippen LogP contribution >= 0.6 is 0 Å². The normalized spacial score (nSPS) is 13.2. The fourth-order valence-corrected chi connectivity index (χ4v) is 2.57. The molecule has 0 saturated carbocycles. The molecular weight excluding hydrogens is 266 g/mol. The number of aromatic nitrogens is 3. The second-order valence-corrected chi connectivity index (χ2v) is 5.46. The van der Waals surface area contributed by atoms with Gasteiger partial charge in [0.2, 0.25) is 5.91 Å². The highest BCUT2D eigenvalue weighted by Gasteiger charge is 2.19. The fourth-order valence-electron chi connectivity index (χ4n) is 2.57. The van der Waals surface area contributed by atoms with Crippen molar-refractivity contribution in [3.8, 4) is 0 Å². The first-order valence-corrected chi connectivity index (χ1v) is 7.13. The zero-order chi connectivity index (χ0) is 14.8. The van der Waals surface area contributed by atoms with Gasteiger partial charge >= 0.3 is 0 Å².